The van der Waals surface area contributed by atoms with Crippen LogP contribution in [0.3, 0.4) is 0 Å². The Labute approximate surface area is 592 Å². The van der Waals surface area contributed by atoms with Crippen LogP contribution in [0.1, 0.15) is 0 Å². The molecule has 0 aliphatic rings. The number of hydrogen-bond acceptors (Lipinski definition) is 8. The minimum atomic E-state index is 0.674. The third-order valence-corrected chi connectivity index (χ3v) is 24.3. The van der Waals surface area contributed by atoms with Gasteiger partial charge in [0.1, 0.15) is 0 Å². The number of benzene rings is 14. The van der Waals surface area contributed by atoms with E-state index in [1.54, 1.807) is 0 Å². The highest BCUT2D eigenvalue weighted by Crippen LogP contribution is 2.51. The van der Waals surface area contributed by atoms with Gasteiger partial charge in [-0.05, 0) is 106 Å². The van der Waals surface area contributed by atoms with Crippen molar-refractivity contribution in [3.8, 4) is 123 Å². The first-order valence-corrected chi connectivity index (χ1v) is 36.8. The molecule has 0 fully saturated rings. The summed E-state index contributed by atoms with van der Waals surface area (Å²) in [6, 6.07) is 119. The molecule has 20 rings (SSSR count). The maximum absolute atomic E-state index is 5.52. The molecule has 8 heteroatoms. The minimum absolute atomic E-state index is 0.674. The summed E-state index contributed by atoms with van der Waals surface area (Å²) in [6.07, 6.45) is 0. The van der Waals surface area contributed by atoms with E-state index in [0.29, 0.717) is 11.6 Å². The molecule has 4 nitrogen and oxygen atoms in total. The molecule has 0 saturated heterocycles. The topological polar surface area (TPSA) is 51.6 Å². The van der Waals surface area contributed by atoms with Gasteiger partial charge in [0.25, 0.3) is 0 Å². The Hall–Kier alpha value is -11.9. The van der Waals surface area contributed by atoms with Crippen LogP contribution in [0.4, 0.5) is 0 Å². The Kier molecular flexibility index (Phi) is 14.0. The predicted molar refractivity (Wildman–Crippen MR) is 429 cm³/mol. The third kappa shape index (κ3) is 9.97. The van der Waals surface area contributed by atoms with E-state index >= 15 is 0 Å². The Balaban J connectivity index is 0.713. The van der Waals surface area contributed by atoms with Crippen molar-refractivity contribution in [1.29, 1.82) is 0 Å². The number of rotatable bonds is 11. The second-order valence-electron chi connectivity index (χ2n) is 25.4. The zero-order valence-electron chi connectivity index (χ0n) is 53.6. The van der Waals surface area contributed by atoms with Gasteiger partial charge in [-0.15, -0.1) is 45.3 Å². The average molecular weight is 1340 g/mol. The molecule has 0 bridgehead atoms. The normalized spacial score (nSPS) is 11.8. The fourth-order valence-corrected chi connectivity index (χ4v) is 19.5. The van der Waals surface area contributed by atoms with E-state index in [4.69, 9.17) is 19.9 Å². The van der Waals surface area contributed by atoms with E-state index in [2.05, 4.69) is 322 Å². The predicted octanol–water partition coefficient (Wildman–Crippen LogP) is 27.1. The molecular weight excluding hydrogens is 1290 g/mol. The highest BCUT2D eigenvalue weighted by Gasteiger charge is 2.25. The first-order valence-electron chi connectivity index (χ1n) is 33.6. The second-order valence-corrected chi connectivity index (χ2v) is 29.7. The monoisotopic (exact) mass is 1340 g/mol. The third-order valence-electron chi connectivity index (χ3n) is 19.6. The van der Waals surface area contributed by atoms with E-state index in [9.17, 15) is 0 Å². The molecule has 0 amide bonds. The SMILES string of the molecule is c1ccc(-c2cc(-c3cccc(-c4cccc5c4sc4ccc(-c6ccc(-c7cc(-c8cccc(-c9ccc%10sc%11ccccc%11c%10c9)c8-c8ccc9sc%10ccccc%10c9c8)nc(-c8ccccc8)n7)cc6)cc45)c3-c3cccc4c3sc3ccccc34)nc(-c3ccccc3)n2)cc1. The maximum atomic E-state index is 5.52. The molecule has 0 aliphatic carbocycles. The molecule has 20 aromatic rings. The van der Waals surface area contributed by atoms with Gasteiger partial charge in [-0.3, -0.25) is 0 Å². The van der Waals surface area contributed by atoms with Gasteiger partial charge in [0.15, 0.2) is 11.6 Å². The molecule has 0 aliphatic heterocycles. The summed E-state index contributed by atoms with van der Waals surface area (Å²) in [4.78, 5) is 21.6. The quantitative estimate of drug-likeness (QED) is 0.129. The largest absolute Gasteiger partial charge is 0.228 e. The van der Waals surface area contributed by atoms with Gasteiger partial charge in [-0.1, -0.05) is 261 Å². The fraction of sp³-hybridized carbons (Fsp3) is 0. The second kappa shape index (κ2) is 24.0. The zero-order valence-corrected chi connectivity index (χ0v) is 56.9. The molecule has 0 atom stereocenters. The molecule has 466 valence electrons. The van der Waals surface area contributed by atoms with Crippen molar-refractivity contribution >= 4 is 126 Å². The van der Waals surface area contributed by atoms with Crippen molar-refractivity contribution in [3.63, 3.8) is 0 Å². The van der Waals surface area contributed by atoms with Gasteiger partial charge in [-0.2, -0.15) is 0 Å². The Morgan fingerprint density at radius 3 is 1.12 bits per heavy atom. The van der Waals surface area contributed by atoms with E-state index in [0.717, 1.165) is 101 Å². The maximum Gasteiger partial charge on any atom is 0.160 e. The van der Waals surface area contributed by atoms with Crippen molar-refractivity contribution in [3.05, 3.63) is 328 Å². The lowest BCUT2D eigenvalue weighted by molar-refractivity contribution is 1.18. The lowest BCUT2D eigenvalue weighted by Crippen LogP contribution is -1.98. The summed E-state index contributed by atoms with van der Waals surface area (Å²) in [5.74, 6) is 1.36. The molecule has 100 heavy (non-hydrogen) atoms. The average Bonchev–Trinajstić information content (AvgIpc) is 1.44. The van der Waals surface area contributed by atoms with Crippen LogP contribution in [0.15, 0.2) is 328 Å². The zero-order chi connectivity index (χ0) is 65.8. The number of nitrogens with zero attached hydrogens (tertiary/aromatic N) is 4. The van der Waals surface area contributed by atoms with E-state index in [1.165, 1.54) is 91.8 Å². The molecular formula is C92H54N4S4. The Morgan fingerprint density at radius 1 is 0.170 bits per heavy atom. The molecule has 0 saturated carbocycles. The molecule has 6 heterocycles. The Bertz CT molecular complexity index is 6590. The summed E-state index contributed by atoms with van der Waals surface area (Å²) in [5, 5.41) is 10.0. The van der Waals surface area contributed by atoms with Crippen molar-refractivity contribution in [1.82, 2.24) is 19.9 Å². The van der Waals surface area contributed by atoms with Crippen LogP contribution in [-0.2, 0) is 0 Å². The highest BCUT2D eigenvalue weighted by molar-refractivity contribution is 7.27. The summed E-state index contributed by atoms with van der Waals surface area (Å²) in [7, 11) is 0. The first-order chi connectivity index (χ1) is 49.5. The number of aromatic nitrogens is 4. The molecule has 0 radical (unpaired) electrons. The lowest BCUT2D eigenvalue weighted by atomic mass is 9.87. The molecule has 6 aromatic heterocycles. The van der Waals surface area contributed by atoms with Gasteiger partial charge in [-0.25, -0.2) is 19.9 Å². The number of hydrogen-bond donors (Lipinski definition) is 0. The van der Waals surface area contributed by atoms with E-state index in [-0.39, 0.29) is 0 Å². The van der Waals surface area contributed by atoms with Gasteiger partial charge < -0.3 is 0 Å². The molecule has 0 spiro atoms. The van der Waals surface area contributed by atoms with Crippen molar-refractivity contribution in [2.45, 2.75) is 0 Å². The van der Waals surface area contributed by atoms with Crippen LogP contribution in [0.2, 0.25) is 0 Å². The summed E-state index contributed by atoms with van der Waals surface area (Å²) in [6.45, 7) is 0. The smallest absolute Gasteiger partial charge is 0.160 e. The molecule has 0 unspecified atom stereocenters. The van der Waals surface area contributed by atoms with Crippen LogP contribution >= 0.6 is 45.3 Å². The number of thiophene rings is 4. The van der Waals surface area contributed by atoms with Crippen LogP contribution in [0.25, 0.3) is 204 Å². The van der Waals surface area contributed by atoms with Crippen LogP contribution in [-0.4, -0.2) is 19.9 Å². The van der Waals surface area contributed by atoms with Crippen LogP contribution in [0, 0.1) is 0 Å². The van der Waals surface area contributed by atoms with Crippen molar-refractivity contribution in [2.24, 2.45) is 0 Å². The fourth-order valence-electron chi connectivity index (χ4n) is 14.8. The minimum Gasteiger partial charge on any atom is -0.228 e. The van der Waals surface area contributed by atoms with Crippen LogP contribution < -0.4 is 0 Å². The molecule has 0 N–H and O–H groups in total. The first kappa shape index (κ1) is 58.3. The summed E-state index contributed by atoms with van der Waals surface area (Å²) in [5.41, 5.74) is 21.1. The Morgan fingerprint density at radius 2 is 0.520 bits per heavy atom. The van der Waals surface area contributed by atoms with Gasteiger partial charge in [0.05, 0.1) is 22.8 Å². The van der Waals surface area contributed by atoms with Crippen molar-refractivity contribution < 1.29 is 0 Å². The number of fused-ring (bicyclic) bond motifs is 12. The highest BCUT2D eigenvalue weighted by atomic mass is 32.1. The summed E-state index contributed by atoms with van der Waals surface area (Å²) < 4.78 is 10.1. The lowest BCUT2D eigenvalue weighted by Gasteiger charge is -2.18. The van der Waals surface area contributed by atoms with E-state index < -0.39 is 0 Å². The van der Waals surface area contributed by atoms with E-state index in [1.807, 2.05) is 51.4 Å². The van der Waals surface area contributed by atoms with Crippen molar-refractivity contribution in [2.75, 3.05) is 0 Å². The molecule has 14 aromatic carbocycles. The van der Waals surface area contributed by atoms with Gasteiger partial charge >= 0.3 is 0 Å². The van der Waals surface area contributed by atoms with Gasteiger partial charge in [0.2, 0.25) is 0 Å². The van der Waals surface area contributed by atoms with Crippen LogP contribution in [0.5, 0.6) is 0 Å². The van der Waals surface area contributed by atoms with Gasteiger partial charge in [0, 0.05) is 131 Å². The standard InChI is InChI=1S/C92H54N4S4/c1-4-20-56(21-5-1)77-53-80(96-91(93-77)58-22-6-2-7-23-58)72-35-17-30-67(88(72)73-36-19-31-68-64-26-10-15-39-83(64)99-90(68)73)69-32-18-33-70-76-50-60(44-47-86(76)100-89(69)70)55-40-42-57(43-41-55)78-54-79(95-92(94-78)59-24-8-3-9-25-59)71-34-16-29-63(61-45-48-84-74(51-61)65-27-11-13-37-81(65)97-84)87(71)62-46-49-85-75(52-62)66-28-12-14-38-82(66)98-85/h1-54H. The summed E-state index contributed by atoms with van der Waals surface area (Å²) >= 11 is 7.42.